The van der Waals surface area contributed by atoms with E-state index in [-0.39, 0.29) is 11.9 Å². The first-order chi connectivity index (χ1) is 7.02. The van der Waals surface area contributed by atoms with Crippen molar-refractivity contribution in [2.45, 2.75) is 45.6 Å². The molecule has 2 atom stereocenters. The largest absolute Gasteiger partial charge is 0.550 e. The van der Waals surface area contributed by atoms with Crippen molar-refractivity contribution < 1.29 is 14.7 Å². The molecule has 0 heterocycles. The predicted octanol–water partition coefficient (Wildman–Crippen LogP) is 0.0673. The van der Waals surface area contributed by atoms with Crippen LogP contribution in [0.5, 0.6) is 0 Å². The summed E-state index contributed by atoms with van der Waals surface area (Å²) in [6.07, 6.45) is 3.04. The molecule has 0 aromatic heterocycles. The van der Waals surface area contributed by atoms with Crippen LogP contribution < -0.4 is 10.4 Å². The van der Waals surface area contributed by atoms with Gasteiger partial charge in [0.15, 0.2) is 0 Å². The summed E-state index contributed by atoms with van der Waals surface area (Å²) in [5, 5.41) is 13.6. The SMILES string of the molecule is CC(C)NC(=O)[C@@H]1CCCC[C@@H]1C(=O)[O-]. The van der Waals surface area contributed by atoms with E-state index in [0.29, 0.717) is 12.8 Å². The maximum absolute atomic E-state index is 11.7. The molecule has 86 valence electrons. The molecule has 1 saturated carbocycles. The highest BCUT2D eigenvalue weighted by Gasteiger charge is 2.31. The van der Waals surface area contributed by atoms with Crippen molar-refractivity contribution in [2.75, 3.05) is 0 Å². The van der Waals surface area contributed by atoms with Crippen LogP contribution in [-0.4, -0.2) is 17.9 Å². The lowest BCUT2D eigenvalue weighted by Gasteiger charge is -2.31. The second-order valence-corrected chi connectivity index (χ2v) is 4.48. The molecule has 1 aliphatic carbocycles. The van der Waals surface area contributed by atoms with E-state index < -0.39 is 17.8 Å². The second-order valence-electron chi connectivity index (χ2n) is 4.48. The van der Waals surface area contributed by atoms with Crippen LogP contribution in [0.4, 0.5) is 0 Å². The van der Waals surface area contributed by atoms with Crippen molar-refractivity contribution in [3.63, 3.8) is 0 Å². The maximum atomic E-state index is 11.7. The number of carbonyl (C=O) groups excluding carboxylic acids is 2. The third-order valence-corrected chi connectivity index (χ3v) is 2.84. The Morgan fingerprint density at radius 3 is 2.20 bits per heavy atom. The molecule has 15 heavy (non-hydrogen) atoms. The van der Waals surface area contributed by atoms with Gasteiger partial charge in [0.25, 0.3) is 0 Å². The molecule has 0 aromatic rings. The Balaban J connectivity index is 2.63. The van der Waals surface area contributed by atoms with Crippen LogP contribution in [-0.2, 0) is 9.59 Å². The number of carboxylic acid groups (broad SMARTS) is 1. The summed E-state index contributed by atoms with van der Waals surface area (Å²) in [6.45, 7) is 3.74. The highest BCUT2D eigenvalue weighted by molar-refractivity contribution is 5.84. The number of rotatable bonds is 3. The van der Waals surface area contributed by atoms with Crippen LogP contribution in [0.25, 0.3) is 0 Å². The number of carboxylic acids is 1. The fraction of sp³-hybridized carbons (Fsp3) is 0.818. The van der Waals surface area contributed by atoms with E-state index in [4.69, 9.17) is 0 Å². The third-order valence-electron chi connectivity index (χ3n) is 2.84. The van der Waals surface area contributed by atoms with Gasteiger partial charge in [0.1, 0.15) is 0 Å². The first kappa shape index (κ1) is 12.0. The molecular formula is C11H18NO3-. The molecule has 4 nitrogen and oxygen atoms in total. The third kappa shape index (κ3) is 3.22. The highest BCUT2D eigenvalue weighted by atomic mass is 16.4. The van der Waals surface area contributed by atoms with E-state index in [1.165, 1.54) is 0 Å². The molecule has 0 aromatic carbocycles. The first-order valence-electron chi connectivity index (χ1n) is 5.53. The minimum absolute atomic E-state index is 0.0573. The van der Waals surface area contributed by atoms with Gasteiger partial charge in [0.2, 0.25) is 5.91 Å². The van der Waals surface area contributed by atoms with Crippen LogP contribution >= 0.6 is 0 Å². The first-order valence-corrected chi connectivity index (χ1v) is 5.53. The Morgan fingerprint density at radius 1 is 1.20 bits per heavy atom. The van der Waals surface area contributed by atoms with Crippen molar-refractivity contribution in [1.82, 2.24) is 5.32 Å². The molecule has 1 amide bonds. The number of carbonyl (C=O) groups is 2. The summed E-state index contributed by atoms with van der Waals surface area (Å²) < 4.78 is 0. The Kier molecular flexibility index (Phi) is 4.12. The van der Waals surface area contributed by atoms with Gasteiger partial charge in [-0.15, -0.1) is 0 Å². The summed E-state index contributed by atoms with van der Waals surface area (Å²) in [7, 11) is 0. The van der Waals surface area contributed by atoms with Crippen LogP contribution in [0.2, 0.25) is 0 Å². The number of aliphatic carboxylic acids is 1. The number of hydrogen-bond donors (Lipinski definition) is 1. The Hall–Kier alpha value is -1.06. The Morgan fingerprint density at radius 2 is 1.73 bits per heavy atom. The molecule has 1 fully saturated rings. The quantitative estimate of drug-likeness (QED) is 0.719. The molecule has 1 N–H and O–H groups in total. The summed E-state index contributed by atoms with van der Waals surface area (Å²) >= 11 is 0. The normalized spacial score (nSPS) is 26.3. The van der Waals surface area contributed by atoms with Crippen molar-refractivity contribution >= 4 is 11.9 Å². The lowest BCUT2D eigenvalue weighted by Crippen LogP contribution is -2.46. The predicted molar refractivity (Wildman–Crippen MR) is 53.7 cm³/mol. The van der Waals surface area contributed by atoms with Gasteiger partial charge >= 0.3 is 0 Å². The molecule has 0 bridgehead atoms. The highest BCUT2D eigenvalue weighted by Crippen LogP contribution is 2.29. The van der Waals surface area contributed by atoms with Gasteiger partial charge in [-0.3, -0.25) is 4.79 Å². The molecule has 0 unspecified atom stereocenters. The van der Waals surface area contributed by atoms with E-state index in [1.54, 1.807) is 0 Å². The summed E-state index contributed by atoms with van der Waals surface area (Å²) in [5.41, 5.74) is 0. The fourth-order valence-corrected chi connectivity index (χ4v) is 2.12. The average Bonchev–Trinajstić information content (AvgIpc) is 2.16. The molecular weight excluding hydrogens is 194 g/mol. The minimum atomic E-state index is -1.08. The zero-order chi connectivity index (χ0) is 11.4. The smallest absolute Gasteiger partial charge is 0.223 e. The standard InChI is InChI=1S/C11H19NO3/c1-7(2)12-10(13)8-5-3-4-6-9(8)11(14)15/h7-9H,3-6H2,1-2H3,(H,12,13)(H,14,15)/p-1/t8-,9+/m1/s1. The molecule has 1 aliphatic rings. The average molecular weight is 212 g/mol. The van der Waals surface area contributed by atoms with Crippen molar-refractivity contribution in [1.29, 1.82) is 0 Å². The van der Waals surface area contributed by atoms with Crippen molar-refractivity contribution in [3.05, 3.63) is 0 Å². The van der Waals surface area contributed by atoms with Gasteiger partial charge in [0.05, 0.1) is 0 Å². The van der Waals surface area contributed by atoms with E-state index in [2.05, 4.69) is 5.32 Å². The minimum Gasteiger partial charge on any atom is -0.550 e. The summed E-state index contributed by atoms with van der Waals surface area (Å²) in [6, 6.07) is 0.0573. The van der Waals surface area contributed by atoms with Gasteiger partial charge in [-0.05, 0) is 26.7 Å². The summed E-state index contributed by atoms with van der Waals surface area (Å²) in [4.78, 5) is 22.6. The zero-order valence-electron chi connectivity index (χ0n) is 9.29. The van der Waals surface area contributed by atoms with Crippen LogP contribution in [0.1, 0.15) is 39.5 Å². The van der Waals surface area contributed by atoms with Crippen LogP contribution in [0.15, 0.2) is 0 Å². The van der Waals surface area contributed by atoms with Gasteiger partial charge in [0, 0.05) is 23.8 Å². The molecule has 1 rings (SSSR count). The van der Waals surface area contributed by atoms with E-state index in [9.17, 15) is 14.7 Å². The lowest BCUT2D eigenvalue weighted by molar-refractivity contribution is -0.314. The molecule has 0 saturated heterocycles. The van der Waals surface area contributed by atoms with Gasteiger partial charge in [-0.25, -0.2) is 0 Å². The van der Waals surface area contributed by atoms with Crippen LogP contribution in [0.3, 0.4) is 0 Å². The Labute approximate surface area is 90.0 Å². The zero-order valence-corrected chi connectivity index (χ0v) is 9.29. The second kappa shape index (κ2) is 5.14. The van der Waals surface area contributed by atoms with E-state index >= 15 is 0 Å². The van der Waals surface area contributed by atoms with Crippen molar-refractivity contribution in [2.24, 2.45) is 11.8 Å². The number of hydrogen-bond acceptors (Lipinski definition) is 3. The fourth-order valence-electron chi connectivity index (χ4n) is 2.12. The molecule has 0 spiro atoms. The van der Waals surface area contributed by atoms with E-state index in [1.807, 2.05) is 13.8 Å². The van der Waals surface area contributed by atoms with Crippen molar-refractivity contribution in [3.8, 4) is 0 Å². The monoisotopic (exact) mass is 212 g/mol. The summed E-state index contributed by atoms with van der Waals surface area (Å²) in [5.74, 6) is -2.22. The topological polar surface area (TPSA) is 69.2 Å². The lowest BCUT2D eigenvalue weighted by atomic mass is 9.78. The van der Waals surface area contributed by atoms with Gasteiger partial charge in [-0.2, -0.15) is 0 Å². The number of nitrogens with one attached hydrogen (secondary N) is 1. The Bertz CT molecular complexity index is 250. The van der Waals surface area contributed by atoms with E-state index in [0.717, 1.165) is 12.8 Å². The molecule has 4 heteroatoms. The molecule has 0 radical (unpaired) electrons. The molecule has 0 aliphatic heterocycles. The van der Waals surface area contributed by atoms with Crippen LogP contribution in [0, 0.1) is 11.8 Å². The number of amides is 1. The maximum Gasteiger partial charge on any atom is 0.223 e. The van der Waals surface area contributed by atoms with Gasteiger partial charge in [-0.1, -0.05) is 12.8 Å². The van der Waals surface area contributed by atoms with Gasteiger partial charge < -0.3 is 15.2 Å².